The smallest absolute Gasteiger partial charge is 0.338 e. The third-order valence-corrected chi connectivity index (χ3v) is 19.3. The number of aryl methyl sites for hydroxylation is 3. The zero-order chi connectivity index (χ0) is 94.8. The Morgan fingerprint density at radius 2 is 0.579 bits per heavy atom. The van der Waals surface area contributed by atoms with E-state index in [1.807, 2.05) is 152 Å². The van der Waals surface area contributed by atoms with Gasteiger partial charge in [0.1, 0.15) is 51.7 Å². The molecule has 0 heterocycles. The Morgan fingerprint density at radius 1 is 0.293 bits per heavy atom. The van der Waals surface area contributed by atoms with Crippen molar-refractivity contribution in [3.63, 3.8) is 0 Å². The van der Waals surface area contributed by atoms with E-state index in [4.69, 9.17) is 67.7 Å². The number of hydrogen-bond donors (Lipinski definition) is 6. The van der Waals surface area contributed by atoms with Gasteiger partial charge in [-0.1, -0.05) is 91.0 Å². The summed E-state index contributed by atoms with van der Waals surface area (Å²) in [5, 5.41) is 32.7. The van der Waals surface area contributed by atoms with E-state index in [0.29, 0.717) is 150 Å². The molecule has 28 nitrogen and oxygen atoms in total. The lowest BCUT2D eigenvalue weighted by Gasteiger charge is -2.14. The molecule has 0 aliphatic carbocycles. The van der Waals surface area contributed by atoms with Gasteiger partial charge in [0.05, 0.1) is 122 Å². The number of carboxylic acid groups (broad SMARTS) is 3. The predicted octanol–water partition coefficient (Wildman–Crippen LogP) is 16.9. The number of amides is 2. The third kappa shape index (κ3) is 48.8. The summed E-state index contributed by atoms with van der Waals surface area (Å²) in [7, 11) is 0. The lowest BCUT2D eigenvalue weighted by molar-refractivity contribution is -0.144. The summed E-state index contributed by atoms with van der Waals surface area (Å²) in [4.78, 5) is 105. The predicted molar refractivity (Wildman–Crippen MR) is 507 cm³/mol. The third-order valence-electron chi connectivity index (χ3n) is 19.3. The topological polar surface area (TPSA) is 384 Å². The minimum absolute atomic E-state index is 0. The number of ether oxygens (including phenoxy) is 13. The second-order valence-electron chi connectivity index (χ2n) is 29.9. The number of esters is 4. The fourth-order valence-corrected chi connectivity index (χ4v) is 12.6. The van der Waals surface area contributed by atoms with E-state index in [-0.39, 0.29) is 89.6 Å². The Kier molecular flexibility index (Phi) is 55.9. The highest BCUT2D eigenvalue weighted by molar-refractivity contribution is 5.92. The van der Waals surface area contributed by atoms with Crippen molar-refractivity contribution in [1.82, 2.24) is 10.6 Å². The number of carbonyl (C=O) groups is 9. The van der Waals surface area contributed by atoms with Crippen LogP contribution >= 0.6 is 0 Å². The first kappa shape index (κ1) is 110. The van der Waals surface area contributed by atoms with Crippen molar-refractivity contribution >= 4 is 62.0 Å². The number of carbonyl (C=O) groups excluding carboxylic acids is 6. The number of aromatic carboxylic acids is 1. The summed E-state index contributed by atoms with van der Waals surface area (Å²) in [6, 6.07) is 67.5. The van der Waals surface area contributed by atoms with Gasteiger partial charge in [-0.3, -0.25) is 28.8 Å². The summed E-state index contributed by atoms with van der Waals surface area (Å²) in [6.07, 6.45) is 12.0. The number of benzene rings is 9. The van der Waals surface area contributed by atoms with E-state index in [9.17, 15) is 53.4 Å². The monoisotopic (exact) mass is 1830 g/mol. The molecule has 0 unspecified atom stereocenters. The van der Waals surface area contributed by atoms with Crippen LogP contribution in [0.3, 0.4) is 0 Å². The maximum Gasteiger partial charge on any atom is 0.338 e. The van der Waals surface area contributed by atoms with Crippen molar-refractivity contribution in [2.24, 2.45) is 5.73 Å². The molecular weight excluding hydrogens is 1700 g/mol. The van der Waals surface area contributed by atoms with E-state index < -0.39 is 29.8 Å². The number of nitrogens with one attached hydrogen (secondary N) is 2. The van der Waals surface area contributed by atoms with Gasteiger partial charge in [-0.2, -0.15) is 0 Å². The van der Waals surface area contributed by atoms with Crippen LogP contribution in [0.5, 0.6) is 51.7 Å². The molecule has 0 aliphatic heterocycles. The van der Waals surface area contributed by atoms with Gasteiger partial charge < -0.3 is 93.3 Å². The average Bonchev–Trinajstić information content (AvgIpc) is 0.846. The quantitative estimate of drug-likeness (QED) is 0.00892. The molecule has 713 valence electrons. The van der Waals surface area contributed by atoms with Gasteiger partial charge in [-0.15, -0.1) is 0 Å². The molecule has 0 saturated carbocycles. The fourth-order valence-electron chi connectivity index (χ4n) is 12.6. The Balaban J connectivity index is 0.000000336. The maximum atomic E-state index is 12.6. The van der Waals surface area contributed by atoms with Crippen molar-refractivity contribution in [1.29, 1.82) is 0 Å². The lowest BCUT2D eigenvalue weighted by atomic mass is 10.1. The van der Waals surface area contributed by atoms with Crippen LogP contribution in [0.15, 0.2) is 218 Å². The molecule has 29 heteroatoms. The van der Waals surface area contributed by atoms with Gasteiger partial charge in [0.15, 0.2) is 0 Å². The van der Waals surface area contributed by atoms with Crippen molar-refractivity contribution < 1.29 is 120 Å². The molecule has 7 N–H and O–H groups in total. The number of carboxylic acids is 3. The Hall–Kier alpha value is -13.6. The van der Waals surface area contributed by atoms with Gasteiger partial charge in [0.25, 0.3) is 0 Å². The summed E-state index contributed by atoms with van der Waals surface area (Å²) in [5.74, 6) is 1.66. The lowest BCUT2D eigenvalue weighted by Crippen LogP contribution is -2.27. The number of unbranched alkanes of at least 4 members (excludes halogenated alkanes) is 3. The first-order valence-corrected chi connectivity index (χ1v) is 45.3. The minimum atomic E-state index is -1.09. The van der Waals surface area contributed by atoms with Crippen molar-refractivity contribution in [2.75, 3.05) is 106 Å². The van der Waals surface area contributed by atoms with Crippen molar-refractivity contribution in [3.05, 3.63) is 268 Å². The number of para-hydroxylation sites is 3. The summed E-state index contributed by atoms with van der Waals surface area (Å²) in [5.41, 5.74) is 10.9. The second kappa shape index (κ2) is 67.6. The molecule has 133 heavy (non-hydrogen) atoms. The highest BCUT2D eigenvalue weighted by Gasteiger charge is 2.19. The molecule has 0 aromatic heterocycles. The van der Waals surface area contributed by atoms with Crippen LogP contribution in [0.1, 0.15) is 188 Å². The standard InChI is InChI=1S/C36H45NO8.C32H37NO8.C30H34O7.C6H13NO2.B/c1-3-41-35(39)15-10-22-37-34(38)27-30-26-29(36(40)42-4-2)18-21-33(30)45-25-11-12-28-16-19-32(20-17-28)44-24-9-8-23-43-31-13-6-5-7-14-31;34-30(33-18-6-11-31(35)36)23-26-22-25(32(37)38)14-17-29(26)41-21-7-8-24-12-15-28(16-13-24)40-20-5-4-19-39-27-9-2-1-3-10-27;1-2-34-30(33)24-14-17-28(25(21-24)22-29(31)32)37-20-8-9-23-12-15-27(16-13-23)36-19-7-6-18-35-26-10-4-3-5-11-26;1-2-9-6(8)4-3-5-7;/h5-7,13-14,16-21,26H,3-4,8-12,15,22-25,27H2,1-2H3,(H,37,38);1-3,9-10,12-17,22H,4-8,11,18-21,23H2,(H,33,34)(H,35,36)(H,37,38);3-5,10-17,21H,2,6-9,18-20,22H2,1H3,(H,31,32);2-5,7H2,1H3;. The van der Waals surface area contributed by atoms with E-state index >= 15 is 0 Å². The number of rotatable bonds is 60. The van der Waals surface area contributed by atoms with Gasteiger partial charge in [0, 0.05) is 57.5 Å². The molecule has 9 aromatic rings. The zero-order valence-electron chi connectivity index (χ0n) is 76.9. The van der Waals surface area contributed by atoms with Gasteiger partial charge in [-0.25, -0.2) is 14.4 Å². The van der Waals surface area contributed by atoms with Gasteiger partial charge in [-0.05, 0) is 275 Å². The number of aliphatic carboxylic acids is 2. The maximum absolute atomic E-state index is 12.6. The Morgan fingerprint density at radius 3 is 0.880 bits per heavy atom. The summed E-state index contributed by atoms with van der Waals surface area (Å²) in [6.45, 7) is 14.6. The highest BCUT2D eigenvalue weighted by Crippen LogP contribution is 2.27. The molecule has 0 atom stereocenters. The van der Waals surface area contributed by atoms with Crippen molar-refractivity contribution in [3.8, 4) is 51.7 Å². The minimum Gasteiger partial charge on any atom is -0.494 e. The van der Waals surface area contributed by atoms with Gasteiger partial charge >= 0.3 is 41.8 Å². The Bertz CT molecular complexity index is 4820. The molecule has 9 aromatic carbocycles. The molecule has 0 spiro atoms. The van der Waals surface area contributed by atoms with Crippen LogP contribution < -0.4 is 59.0 Å². The van der Waals surface area contributed by atoms with Crippen LogP contribution in [0.2, 0.25) is 0 Å². The van der Waals surface area contributed by atoms with E-state index in [0.717, 1.165) is 129 Å². The number of nitrogens with two attached hydrogens (primary N) is 1. The Labute approximate surface area is 782 Å². The number of hydrogen-bond acceptors (Lipinski definition) is 23. The first-order valence-electron chi connectivity index (χ1n) is 45.3. The van der Waals surface area contributed by atoms with Crippen LogP contribution in [0.4, 0.5) is 0 Å². The van der Waals surface area contributed by atoms with Crippen LogP contribution in [-0.2, 0) is 86.2 Å². The fraction of sp³-hybridized carbons (Fsp3) is 0.394. The van der Waals surface area contributed by atoms with E-state index in [1.54, 1.807) is 64.1 Å². The second-order valence-corrected chi connectivity index (χ2v) is 29.9. The molecule has 0 saturated heterocycles. The summed E-state index contributed by atoms with van der Waals surface area (Å²) >= 11 is 0. The molecule has 0 fully saturated rings. The molecule has 0 bridgehead atoms. The largest absolute Gasteiger partial charge is 0.494 e. The molecular formula is C104H129BN3O25. The van der Waals surface area contributed by atoms with E-state index in [2.05, 4.69) is 27.5 Å². The molecule has 0 aliphatic rings. The van der Waals surface area contributed by atoms with Gasteiger partial charge in [0.2, 0.25) is 11.8 Å². The molecule has 9 rings (SSSR count). The van der Waals surface area contributed by atoms with Crippen LogP contribution in [-0.4, -0.2) is 183 Å². The van der Waals surface area contributed by atoms with Crippen LogP contribution in [0.25, 0.3) is 0 Å². The van der Waals surface area contributed by atoms with Crippen LogP contribution in [0, 0.1) is 0 Å². The zero-order valence-corrected chi connectivity index (χ0v) is 76.9. The molecule has 2 amide bonds. The normalized spacial score (nSPS) is 10.4. The first-order chi connectivity index (χ1) is 64.2. The SMILES string of the molecule is CCOC(=O)CCCN.CCOC(=O)CCCNC(=O)Cc1cc(C(=O)OCC)ccc1OCCCc1ccc(OCCCCOc2ccccc2)cc1.CCOC(=O)c1ccc(OCCCc2ccc(OCCCCOc3ccccc3)cc2)c(CC(=O)O)c1.O=C(O)CCCNC(=O)Cc1cc(C(=O)O)ccc1OCCCc1ccc(OCCCCOc2ccccc2)cc1.[B]. The highest BCUT2D eigenvalue weighted by atomic mass is 16.6. The average molecular weight is 1830 g/mol. The van der Waals surface area contributed by atoms with Crippen molar-refractivity contribution in [2.45, 2.75) is 163 Å². The summed E-state index contributed by atoms with van der Waals surface area (Å²) < 4.78 is 72.1. The van der Waals surface area contributed by atoms with E-state index in [1.165, 1.54) is 23.8 Å². The molecule has 3 radical (unpaired) electrons.